The molecule has 2 aromatic rings. The summed E-state index contributed by atoms with van der Waals surface area (Å²) < 4.78 is 0. The first-order chi connectivity index (χ1) is 7.86. The normalized spacial score (nSPS) is 10.8. The second kappa shape index (κ2) is 4.97. The van der Waals surface area contributed by atoms with E-state index < -0.39 is 0 Å². The summed E-state index contributed by atoms with van der Waals surface area (Å²) >= 11 is 0. The maximum atomic E-state index is 10.9. The van der Waals surface area contributed by atoms with Crippen molar-refractivity contribution >= 4 is 17.2 Å². The monoisotopic (exact) mass is 214 g/mol. The number of benzene rings is 1. The smallest absolute Gasteiger partial charge is 0.251 e. The van der Waals surface area contributed by atoms with Gasteiger partial charge in [-0.15, -0.1) is 0 Å². The molecule has 1 radical (unpaired) electrons. The molecule has 0 aliphatic rings. The van der Waals surface area contributed by atoms with E-state index in [1.165, 1.54) is 12.8 Å². The fraction of sp³-hybridized carbons (Fsp3) is 0.357. The highest BCUT2D eigenvalue weighted by molar-refractivity contribution is 5.92. The molecule has 83 valence electrons. The van der Waals surface area contributed by atoms with Gasteiger partial charge in [-0.2, -0.15) is 0 Å². The highest BCUT2D eigenvalue weighted by atomic mass is 16.1. The molecule has 0 spiro atoms. The number of hydrogen-bond donors (Lipinski definition) is 1. The molecule has 1 heterocycles. The van der Waals surface area contributed by atoms with Crippen LogP contribution < -0.4 is 0 Å². The Balaban J connectivity index is 2.35. The number of para-hydroxylation sites is 1. The van der Waals surface area contributed by atoms with Gasteiger partial charge in [0.1, 0.15) is 0 Å². The minimum absolute atomic E-state index is 0.623. The molecule has 0 saturated heterocycles. The van der Waals surface area contributed by atoms with Crippen molar-refractivity contribution in [3.8, 4) is 0 Å². The standard InChI is InChI=1S/C14H16NO/c1-2-3-4-7-12-11-8-5-6-9-13(11)15-14(12)10-16/h5-6,8-9,15H,2-4,7H2,1H3. The van der Waals surface area contributed by atoms with Gasteiger partial charge in [-0.3, -0.25) is 4.79 Å². The number of aryl methyl sites for hydroxylation is 1. The summed E-state index contributed by atoms with van der Waals surface area (Å²) in [5.41, 5.74) is 2.78. The van der Waals surface area contributed by atoms with Gasteiger partial charge in [-0.05, 0) is 24.5 Å². The van der Waals surface area contributed by atoms with Crippen molar-refractivity contribution < 1.29 is 4.79 Å². The molecule has 1 aromatic heterocycles. The van der Waals surface area contributed by atoms with Crippen molar-refractivity contribution in [3.63, 3.8) is 0 Å². The largest absolute Gasteiger partial charge is 0.351 e. The van der Waals surface area contributed by atoms with Gasteiger partial charge in [0.15, 0.2) is 0 Å². The molecule has 1 aromatic carbocycles. The maximum absolute atomic E-state index is 10.9. The molecule has 2 rings (SSSR count). The molecule has 2 nitrogen and oxygen atoms in total. The van der Waals surface area contributed by atoms with E-state index in [0.717, 1.165) is 29.3 Å². The van der Waals surface area contributed by atoms with Crippen LogP contribution in [0.4, 0.5) is 0 Å². The van der Waals surface area contributed by atoms with Crippen LogP contribution >= 0.6 is 0 Å². The minimum Gasteiger partial charge on any atom is -0.351 e. The Kier molecular flexibility index (Phi) is 3.40. The Morgan fingerprint density at radius 2 is 2.06 bits per heavy atom. The number of aromatic nitrogens is 1. The third-order valence-electron chi connectivity index (χ3n) is 2.95. The third-order valence-corrected chi connectivity index (χ3v) is 2.95. The zero-order valence-electron chi connectivity index (χ0n) is 9.55. The number of nitrogens with one attached hydrogen (secondary N) is 1. The Morgan fingerprint density at radius 1 is 1.25 bits per heavy atom. The quantitative estimate of drug-likeness (QED) is 0.760. The number of rotatable bonds is 5. The topological polar surface area (TPSA) is 32.9 Å². The van der Waals surface area contributed by atoms with E-state index in [1.54, 1.807) is 0 Å². The summed E-state index contributed by atoms with van der Waals surface area (Å²) in [4.78, 5) is 14.0. The van der Waals surface area contributed by atoms with Crippen LogP contribution in [0.3, 0.4) is 0 Å². The Morgan fingerprint density at radius 3 is 2.81 bits per heavy atom. The molecule has 0 bridgehead atoms. The van der Waals surface area contributed by atoms with E-state index in [4.69, 9.17) is 0 Å². The lowest BCUT2D eigenvalue weighted by atomic mass is 10.0. The molecule has 16 heavy (non-hydrogen) atoms. The molecule has 0 saturated carbocycles. The number of aromatic amines is 1. The maximum Gasteiger partial charge on any atom is 0.251 e. The molecule has 0 amide bonds. The first kappa shape index (κ1) is 10.9. The minimum atomic E-state index is 0.623. The average molecular weight is 214 g/mol. The molecule has 2 heteroatoms. The zero-order valence-corrected chi connectivity index (χ0v) is 9.55. The van der Waals surface area contributed by atoms with Crippen molar-refractivity contribution in [3.05, 3.63) is 35.5 Å². The van der Waals surface area contributed by atoms with Crippen LogP contribution in [0.5, 0.6) is 0 Å². The predicted molar refractivity (Wildman–Crippen MR) is 66.3 cm³/mol. The first-order valence-electron chi connectivity index (χ1n) is 5.84. The summed E-state index contributed by atoms with van der Waals surface area (Å²) in [5, 5.41) is 1.16. The second-order valence-corrected chi connectivity index (χ2v) is 4.08. The fourth-order valence-electron chi connectivity index (χ4n) is 2.10. The predicted octanol–water partition coefficient (Wildman–Crippen LogP) is 3.36. The van der Waals surface area contributed by atoms with Crippen LogP contribution in [0, 0.1) is 0 Å². The summed E-state index contributed by atoms with van der Waals surface area (Å²) in [6, 6.07) is 8.05. The summed E-state index contributed by atoms with van der Waals surface area (Å²) in [6.45, 7) is 2.18. The van der Waals surface area contributed by atoms with E-state index in [0.29, 0.717) is 5.69 Å². The van der Waals surface area contributed by atoms with Crippen LogP contribution in [0.25, 0.3) is 10.9 Å². The second-order valence-electron chi connectivity index (χ2n) is 4.08. The van der Waals surface area contributed by atoms with Crippen LogP contribution in [-0.2, 0) is 11.2 Å². The third kappa shape index (κ3) is 2.01. The first-order valence-corrected chi connectivity index (χ1v) is 5.84. The fourth-order valence-corrected chi connectivity index (χ4v) is 2.10. The van der Waals surface area contributed by atoms with Crippen molar-refractivity contribution in [2.24, 2.45) is 0 Å². The molecule has 0 atom stereocenters. The number of unbranched alkanes of at least 4 members (excludes halogenated alkanes) is 2. The number of carbonyl (C=O) groups excluding carboxylic acids is 1. The molecular weight excluding hydrogens is 198 g/mol. The van der Waals surface area contributed by atoms with Crippen LogP contribution in [0.1, 0.15) is 37.4 Å². The number of fused-ring (bicyclic) bond motifs is 1. The van der Waals surface area contributed by atoms with Gasteiger partial charge in [0, 0.05) is 10.9 Å². The van der Waals surface area contributed by atoms with Crippen molar-refractivity contribution in [1.29, 1.82) is 0 Å². The van der Waals surface area contributed by atoms with Crippen LogP contribution in [0.2, 0.25) is 0 Å². The van der Waals surface area contributed by atoms with E-state index in [2.05, 4.69) is 18.0 Å². The molecule has 0 fully saturated rings. The van der Waals surface area contributed by atoms with E-state index >= 15 is 0 Å². The Labute approximate surface area is 95.7 Å². The van der Waals surface area contributed by atoms with Gasteiger partial charge in [0.05, 0.1) is 5.69 Å². The molecule has 0 unspecified atom stereocenters. The van der Waals surface area contributed by atoms with Gasteiger partial charge in [0.25, 0.3) is 6.29 Å². The summed E-state index contributed by atoms with van der Waals surface area (Å²) in [5.74, 6) is 0. The van der Waals surface area contributed by atoms with E-state index in [9.17, 15) is 4.79 Å². The number of H-pyrrole nitrogens is 1. The van der Waals surface area contributed by atoms with Gasteiger partial charge < -0.3 is 4.98 Å². The summed E-state index contributed by atoms with van der Waals surface area (Å²) in [6.07, 6.45) is 6.50. The molecular formula is C14H16NO. The molecule has 1 N–H and O–H groups in total. The van der Waals surface area contributed by atoms with Crippen LogP contribution in [-0.4, -0.2) is 11.3 Å². The van der Waals surface area contributed by atoms with Gasteiger partial charge in [-0.25, -0.2) is 0 Å². The van der Waals surface area contributed by atoms with Crippen molar-refractivity contribution in [2.45, 2.75) is 32.6 Å². The van der Waals surface area contributed by atoms with Gasteiger partial charge in [-0.1, -0.05) is 38.0 Å². The van der Waals surface area contributed by atoms with E-state index in [1.807, 2.05) is 24.5 Å². The van der Waals surface area contributed by atoms with Gasteiger partial charge >= 0.3 is 0 Å². The van der Waals surface area contributed by atoms with Crippen LogP contribution in [0.15, 0.2) is 24.3 Å². The lowest BCUT2D eigenvalue weighted by Gasteiger charge is -1.99. The van der Waals surface area contributed by atoms with Gasteiger partial charge in [0.2, 0.25) is 0 Å². The highest BCUT2D eigenvalue weighted by Crippen LogP contribution is 2.23. The van der Waals surface area contributed by atoms with E-state index in [-0.39, 0.29) is 0 Å². The lowest BCUT2D eigenvalue weighted by Crippen LogP contribution is -1.90. The molecule has 0 aliphatic heterocycles. The molecule has 0 aliphatic carbocycles. The summed E-state index contributed by atoms with van der Waals surface area (Å²) in [7, 11) is 0. The zero-order chi connectivity index (χ0) is 11.4. The SMILES string of the molecule is CCCCCc1c([C]=O)[nH]c2ccccc12. The van der Waals surface area contributed by atoms with Crippen molar-refractivity contribution in [1.82, 2.24) is 4.98 Å². The Bertz CT molecular complexity index is 484. The Hall–Kier alpha value is -1.57. The lowest BCUT2D eigenvalue weighted by molar-refractivity contribution is 0.561. The highest BCUT2D eigenvalue weighted by Gasteiger charge is 2.10. The van der Waals surface area contributed by atoms with Crippen molar-refractivity contribution in [2.75, 3.05) is 0 Å². The average Bonchev–Trinajstić information content (AvgIpc) is 2.68. The number of hydrogen-bond acceptors (Lipinski definition) is 1.